The summed E-state index contributed by atoms with van der Waals surface area (Å²) in [5, 5.41) is 48.5. The second kappa shape index (κ2) is 7.85. The lowest BCUT2D eigenvalue weighted by Crippen LogP contribution is -2.59. The normalized spacial score (nSPS) is 29.1. The third kappa shape index (κ3) is 3.78. The molecule has 5 unspecified atom stereocenters. The van der Waals surface area contributed by atoms with Gasteiger partial charge >= 0.3 is 5.97 Å². The van der Waals surface area contributed by atoms with E-state index in [4.69, 9.17) is 24.1 Å². The van der Waals surface area contributed by atoms with Crippen molar-refractivity contribution in [1.82, 2.24) is 0 Å². The number of hydrogen-bond donors (Lipinski definition) is 5. The molecule has 0 saturated carbocycles. The molecular formula is C15H20O10. The van der Waals surface area contributed by atoms with Crippen LogP contribution in [0, 0.1) is 0 Å². The number of aliphatic hydroxyl groups is 4. The summed E-state index contributed by atoms with van der Waals surface area (Å²) in [7, 11) is 2.55. The maximum absolute atomic E-state index is 12.3. The van der Waals surface area contributed by atoms with Crippen LogP contribution in [0.5, 0.6) is 17.2 Å². The quantitative estimate of drug-likeness (QED) is 0.386. The first kappa shape index (κ1) is 19.2. The number of ether oxygens (including phenoxy) is 4. The topological polar surface area (TPSA) is 155 Å². The smallest absolute Gasteiger partial charge is 0.338 e. The fourth-order valence-electron chi connectivity index (χ4n) is 2.40. The Hall–Kier alpha value is -2.11. The molecule has 0 amide bonds. The highest BCUT2D eigenvalue weighted by molar-refractivity contribution is 5.91. The number of hydrogen-bond acceptors (Lipinski definition) is 10. The van der Waals surface area contributed by atoms with Crippen molar-refractivity contribution < 1.29 is 49.3 Å². The van der Waals surface area contributed by atoms with E-state index in [1.165, 1.54) is 26.4 Å². The lowest BCUT2D eigenvalue weighted by molar-refractivity contribution is -0.285. The molecule has 1 fully saturated rings. The van der Waals surface area contributed by atoms with Gasteiger partial charge in [-0.3, -0.25) is 0 Å². The van der Waals surface area contributed by atoms with Gasteiger partial charge in [-0.2, -0.15) is 0 Å². The number of aromatic hydroxyl groups is 1. The maximum Gasteiger partial charge on any atom is 0.338 e. The third-order valence-electron chi connectivity index (χ3n) is 3.80. The standard InChI is InChI=1S/C15H20O10/c1-22-7-3-6(4-8(23-2)10(7)17)14(20)25-13-12(19)11(18)9(5-16)24-15(13)21/h3-4,9,11-13,15-19,21H,5H2,1-2H3. The molecule has 10 heteroatoms. The van der Waals surface area contributed by atoms with Gasteiger partial charge in [-0.25, -0.2) is 4.79 Å². The number of carbonyl (C=O) groups is 1. The molecule has 1 aliphatic rings. The molecule has 0 spiro atoms. The van der Waals surface area contributed by atoms with Gasteiger partial charge in [-0.15, -0.1) is 0 Å². The largest absolute Gasteiger partial charge is 0.502 e. The molecule has 2 rings (SSSR count). The van der Waals surface area contributed by atoms with Crippen molar-refractivity contribution in [3.8, 4) is 17.2 Å². The number of phenols is 1. The van der Waals surface area contributed by atoms with Crippen molar-refractivity contribution in [2.45, 2.75) is 30.7 Å². The summed E-state index contributed by atoms with van der Waals surface area (Å²) in [4.78, 5) is 12.3. The van der Waals surface area contributed by atoms with Crippen molar-refractivity contribution in [2.75, 3.05) is 20.8 Å². The van der Waals surface area contributed by atoms with E-state index in [0.717, 1.165) is 0 Å². The fourth-order valence-corrected chi connectivity index (χ4v) is 2.40. The second-order valence-electron chi connectivity index (χ2n) is 5.33. The molecule has 1 aromatic rings. The van der Waals surface area contributed by atoms with Gasteiger partial charge in [0.15, 0.2) is 23.9 Å². The zero-order valence-electron chi connectivity index (χ0n) is 13.5. The van der Waals surface area contributed by atoms with Crippen molar-refractivity contribution in [3.63, 3.8) is 0 Å². The van der Waals surface area contributed by atoms with Crippen molar-refractivity contribution in [3.05, 3.63) is 17.7 Å². The molecule has 0 aromatic heterocycles. The van der Waals surface area contributed by atoms with Gasteiger partial charge in [0.2, 0.25) is 5.75 Å². The van der Waals surface area contributed by atoms with E-state index in [1.807, 2.05) is 0 Å². The summed E-state index contributed by atoms with van der Waals surface area (Å²) < 4.78 is 19.8. The molecule has 25 heavy (non-hydrogen) atoms. The van der Waals surface area contributed by atoms with Crippen LogP contribution >= 0.6 is 0 Å². The van der Waals surface area contributed by atoms with E-state index in [-0.39, 0.29) is 22.8 Å². The van der Waals surface area contributed by atoms with E-state index in [9.17, 15) is 25.2 Å². The molecular weight excluding hydrogens is 340 g/mol. The Morgan fingerprint density at radius 3 is 2.16 bits per heavy atom. The Morgan fingerprint density at radius 1 is 1.12 bits per heavy atom. The Kier molecular flexibility index (Phi) is 6.03. The summed E-state index contributed by atoms with van der Waals surface area (Å²) in [6, 6.07) is 2.35. The number of phenolic OH excluding ortho intramolecular Hbond substituents is 1. The van der Waals surface area contributed by atoms with Gasteiger partial charge in [0, 0.05) is 0 Å². The zero-order chi connectivity index (χ0) is 18.7. The molecule has 140 valence electrons. The Morgan fingerprint density at radius 2 is 1.68 bits per heavy atom. The minimum Gasteiger partial charge on any atom is -0.502 e. The number of esters is 1. The van der Waals surface area contributed by atoms with Gasteiger partial charge in [-0.05, 0) is 12.1 Å². The van der Waals surface area contributed by atoms with Crippen LogP contribution in [0.15, 0.2) is 12.1 Å². The molecule has 5 N–H and O–H groups in total. The van der Waals surface area contributed by atoms with Crippen LogP contribution in [0.25, 0.3) is 0 Å². The summed E-state index contributed by atoms with van der Waals surface area (Å²) in [5.41, 5.74) is -0.0929. The highest BCUT2D eigenvalue weighted by atomic mass is 16.7. The monoisotopic (exact) mass is 360 g/mol. The van der Waals surface area contributed by atoms with E-state index < -0.39 is 43.3 Å². The summed E-state index contributed by atoms with van der Waals surface area (Å²) in [6.45, 7) is -0.637. The fraction of sp³-hybridized carbons (Fsp3) is 0.533. The highest BCUT2D eigenvalue weighted by Crippen LogP contribution is 2.37. The Labute approximate surface area is 142 Å². The lowest BCUT2D eigenvalue weighted by atomic mass is 9.99. The van der Waals surface area contributed by atoms with Gasteiger partial charge in [0.25, 0.3) is 0 Å². The van der Waals surface area contributed by atoms with Gasteiger partial charge in [-0.1, -0.05) is 0 Å². The second-order valence-corrected chi connectivity index (χ2v) is 5.33. The van der Waals surface area contributed by atoms with E-state index in [0.29, 0.717) is 0 Å². The van der Waals surface area contributed by atoms with Gasteiger partial charge in [0.05, 0.1) is 26.4 Å². The van der Waals surface area contributed by atoms with Crippen molar-refractivity contribution in [2.24, 2.45) is 0 Å². The average molecular weight is 360 g/mol. The maximum atomic E-state index is 12.3. The summed E-state index contributed by atoms with van der Waals surface area (Å²) in [6.07, 6.45) is -7.79. The Balaban J connectivity index is 2.22. The molecule has 0 radical (unpaired) electrons. The summed E-state index contributed by atoms with van der Waals surface area (Å²) in [5.74, 6) is -1.40. The molecule has 0 aliphatic carbocycles. The first-order valence-corrected chi connectivity index (χ1v) is 7.30. The molecule has 1 heterocycles. The van der Waals surface area contributed by atoms with Gasteiger partial charge < -0.3 is 44.5 Å². The number of benzene rings is 1. The van der Waals surface area contributed by atoms with Crippen LogP contribution in [0.4, 0.5) is 0 Å². The minimum absolute atomic E-state index is 0.0485. The van der Waals surface area contributed by atoms with Crippen molar-refractivity contribution in [1.29, 1.82) is 0 Å². The molecule has 10 nitrogen and oxygen atoms in total. The number of methoxy groups -OCH3 is 2. The summed E-state index contributed by atoms with van der Waals surface area (Å²) >= 11 is 0. The Bertz CT molecular complexity index is 593. The third-order valence-corrected chi connectivity index (χ3v) is 3.80. The molecule has 1 saturated heterocycles. The minimum atomic E-state index is -1.75. The first-order valence-electron chi connectivity index (χ1n) is 7.30. The predicted molar refractivity (Wildman–Crippen MR) is 80.4 cm³/mol. The molecule has 1 aliphatic heterocycles. The average Bonchev–Trinajstić information content (AvgIpc) is 2.61. The molecule has 0 bridgehead atoms. The molecule has 5 atom stereocenters. The SMILES string of the molecule is COc1cc(C(=O)OC2C(O)OC(CO)C(O)C2O)cc(OC)c1O. The van der Waals surface area contributed by atoms with Crippen molar-refractivity contribution >= 4 is 5.97 Å². The predicted octanol–water partition coefficient (Wildman–Crippen LogP) is -1.63. The van der Waals surface area contributed by atoms with Gasteiger partial charge in [0.1, 0.15) is 18.3 Å². The lowest BCUT2D eigenvalue weighted by Gasteiger charge is -2.39. The van der Waals surface area contributed by atoms with Crippen LogP contribution in [-0.2, 0) is 9.47 Å². The highest BCUT2D eigenvalue weighted by Gasteiger charge is 2.46. The number of rotatable bonds is 5. The number of aliphatic hydroxyl groups excluding tert-OH is 4. The van der Waals surface area contributed by atoms with Crippen LogP contribution in [0.1, 0.15) is 10.4 Å². The van der Waals surface area contributed by atoms with Crippen LogP contribution < -0.4 is 9.47 Å². The van der Waals surface area contributed by atoms with E-state index >= 15 is 0 Å². The van der Waals surface area contributed by atoms with Crippen LogP contribution in [0.3, 0.4) is 0 Å². The van der Waals surface area contributed by atoms with Crippen LogP contribution in [0.2, 0.25) is 0 Å². The van der Waals surface area contributed by atoms with Crippen LogP contribution in [-0.4, -0.2) is 83.0 Å². The van der Waals surface area contributed by atoms with E-state index in [2.05, 4.69) is 0 Å². The molecule has 1 aromatic carbocycles. The zero-order valence-corrected chi connectivity index (χ0v) is 13.5. The van der Waals surface area contributed by atoms with E-state index in [1.54, 1.807) is 0 Å². The number of carbonyl (C=O) groups excluding carboxylic acids is 1. The first-order chi connectivity index (χ1) is 11.8.